The summed E-state index contributed by atoms with van der Waals surface area (Å²) in [5.74, 6) is 0.692. The Morgan fingerprint density at radius 1 is 1.67 bits per heavy atom. The average molecular weight is 187 g/mol. The number of carbonyl (C=O) groups is 1. The fourth-order valence-electron chi connectivity index (χ4n) is 1.78. The number of allylic oxidation sites excluding steroid dienone is 2. The van der Waals surface area contributed by atoms with Crippen molar-refractivity contribution in [3.8, 4) is 0 Å². The summed E-state index contributed by atoms with van der Waals surface area (Å²) in [6.07, 6.45) is 6.31. The third-order valence-electron chi connectivity index (χ3n) is 2.47. The SMILES string of the molecule is CCCC1CCC(Cl)=C(C=O)C1. The number of rotatable bonds is 3. The van der Waals surface area contributed by atoms with Gasteiger partial charge >= 0.3 is 0 Å². The van der Waals surface area contributed by atoms with Gasteiger partial charge < -0.3 is 0 Å². The molecule has 0 bridgehead atoms. The lowest BCUT2D eigenvalue weighted by molar-refractivity contribution is -0.105. The first-order chi connectivity index (χ1) is 5.77. The molecule has 0 aromatic heterocycles. The highest BCUT2D eigenvalue weighted by Crippen LogP contribution is 2.32. The maximum Gasteiger partial charge on any atom is 0.147 e. The van der Waals surface area contributed by atoms with Gasteiger partial charge in [-0.05, 0) is 25.2 Å². The van der Waals surface area contributed by atoms with Crippen molar-refractivity contribution in [3.05, 3.63) is 10.6 Å². The van der Waals surface area contributed by atoms with Gasteiger partial charge in [-0.1, -0.05) is 31.4 Å². The Morgan fingerprint density at radius 3 is 3.00 bits per heavy atom. The molecule has 0 aromatic carbocycles. The van der Waals surface area contributed by atoms with Crippen molar-refractivity contribution in [2.24, 2.45) is 5.92 Å². The van der Waals surface area contributed by atoms with Crippen LogP contribution in [0.25, 0.3) is 0 Å². The van der Waals surface area contributed by atoms with Crippen LogP contribution < -0.4 is 0 Å². The second kappa shape index (κ2) is 4.66. The molecule has 0 heterocycles. The fourth-order valence-corrected chi connectivity index (χ4v) is 2.01. The molecule has 0 saturated heterocycles. The molecule has 0 aromatic rings. The largest absolute Gasteiger partial charge is 0.298 e. The molecule has 1 nitrogen and oxygen atoms in total. The van der Waals surface area contributed by atoms with Crippen LogP contribution in [-0.2, 0) is 4.79 Å². The normalized spacial score (nSPS) is 24.3. The van der Waals surface area contributed by atoms with Crippen LogP contribution in [-0.4, -0.2) is 6.29 Å². The highest BCUT2D eigenvalue weighted by Gasteiger charge is 2.18. The summed E-state index contributed by atoms with van der Waals surface area (Å²) >= 11 is 5.90. The minimum atomic E-state index is 0.692. The molecule has 2 heteroatoms. The van der Waals surface area contributed by atoms with Gasteiger partial charge in [0, 0.05) is 10.6 Å². The predicted octanol–water partition coefficient (Wildman–Crippen LogP) is 3.28. The van der Waals surface area contributed by atoms with E-state index in [2.05, 4.69) is 6.92 Å². The van der Waals surface area contributed by atoms with Crippen LogP contribution in [0.1, 0.15) is 39.0 Å². The highest BCUT2D eigenvalue weighted by molar-refractivity contribution is 6.31. The van der Waals surface area contributed by atoms with Crippen molar-refractivity contribution >= 4 is 17.9 Å². The lowest BCUT2D eigenvalue weighted by Crippen LogP contribution is -2.09. The van der Waals surface area contributed by atoms with E-state index in [1.807, 2.05) is 0 Å². The van der Waals surface area contributed by atoms with E-state index in [0.717, 1.165) is 36.2 Å². The average Bonchev–Trinajstić information content (AvgIpc) is 2.09. The highest BCUT2D eigenvalue weighted by atomic mass is 35.5. The van der Waals surface area contributed by atoms with E-state index in [0.29, 0.717) is 5.92 Å². The molecule has 0 fully saturated rings. The van der Waals surface area contributed by atoms with Crippen LogP contribution in [0.3, 0.4) is 0 Å². The molecule has 0 aliphatic heterocycles. The van der Waals surface area contributed by atoms with E-state index >= 15 is 0 Å². The Morgan fingerprint density at radius 2 is 2.42 bits per heavy atom. The molecule has 0 saturated carbocycles. The quantitative estimate of drug-likeness (QED) is 0.619. The maximum atomic E-state index is 10.6. The number of carbonyl (C=O) groups excluding carboxylic acids is 1. The summed E-state index contributed by atoms with van der Waals surface area (Å²) in [6, 6.07) is 0. The molecule has 68 valence electrons. The third kappa shape index (κ3) is 2.34. The van der Waals surface area contributed by atoms with Gasteiger partial charge in [-0.3, -0.25) is 4.79 Å². The van der Waals surface area contributed by atoms with E-state index in [1.165, 1.54) is 12.8 Å². The van der Waals surface area contributed by atoms with E-state index < -0.39 is 0 Å². The second-order valence-corrected chi connectivity index (χ2v) is 3.90. The van der Waals surface area contributed by atoms with E-state index in [1.54, 1.807) is 0 Å². The molecule has 1 aliphatic rings. The molecule has 0 amide bonds. The number of hydrogen-bond donors (Lipinski definition) is 0. The Kier molecular flexibility index (Phi) is 3.80. The molecular formula is C10H15ClO. The zero-order valence-electron chi connectivity index (χ0n) is 7.48. The summed E-state index contributed by atoms with van der Waals surface area (Å²) < 4.78 is 0. The van der Waals surface area contributed by atoms with Gasteiger partial charge in [-0.15, -0.1) is 0 Å². The van der Waals surface area contributed by atoms with Crippen LogP contribution in [0.5, 0.6) is 0 Å². The van der Waals surface area contributed by atoms with Crippen molar-refractivity contribution in [1.82, 2.24) is 0 Å². The summed E-state index contributed by atoms with van der Waals surface area (Å²) in [4.78, 5) is 10.6. The molecule has 0 N–H and O–H groups in total. The van der Waals surface area contributed by atoms with Gasteiger partial charge in [0.1, 0.15) is 6.29 Å². The number of halogens is 1. The van der Waals surface area contributed by atoms with Crippen LogP contribution in [0.2, 0.25) is 0 Å². The minimum absolute atomic E-state index is 0.692. The summed E-state index contributed by atoms with van der Waals surface area (Å²) in [6.45, 7) is 2.18. The topological polar surface area (TPSA) is 17.1 Å². The first-order valence-electron chi connectivity index (χ1n) is 4.60. The Balaban J connectivity index is 2.55. The Bertz CT molecular complexity index is 196. The summed E-state index contributed by atoms with van der Waals surface area (Å²) in [5.41, 5.74) is 0.835. The maximum absolute atomic E-state index is 10.6. The number of aldehydes is 1. The molecule has 1 rings (SSSR count). The molecule has 0 spiro atoms. The zero-order valence-corrected chi connectivity index (χ0v) is 8.23. The summed E-state index contributed by atoms with van der Waals surface area (Å²) in [7, 11) is 0. The van der Waals surface area contributed by atoms with Crippen molar-refractivity contribution < 1.29 is 4.79 Å². The van der Waals surface area contributed by atoms with Crippen LogP contribution in [0.4, 0.5) is 0 Å². The fraction of sp³-hybridized carbons (Fsp3) is 0.700. The van der Waals surface area contributed by atoms with E-state index in [4.69, 9.17) is 11.6 Å². The van der Waals surface area contributed by atoms with Crippen molar-refractivity contribution in [3.63, 3.8) is 0 Å². The van der Waals surface area contributed by atoms with E-state index in [9.17, 15) is 4.79 Å². The lowest BCUT2D eigenvalue weighted by Gasteiger charge is -2.21. The van der Waals surface area contributed by atoms with Crippen molar-refractivity contribution in [1.29, 1.82) is 0 Å². The van der Waals surface area contributed by atoms with Crippen LogP contribution in [0.15, 0.2) is 10.6 Å². The monoisotopic (exact) mass is 186 g/mol. The molecule has 1 aliphatic carbocycles. The lowest BCUT2D eigenvalue weighted by atomic mass is 9.86. The van der Waals surface area contributed by atoms with Gasteiger partial charge in [0.05, 0.1) is 0 Å². The molecular weight excluding hydrogens is 172 g/mol. The molecule has 1 atom stereocenters. The van der Waals surface area contributed by atoms with Crippen LogP contribution in [0, 0.1) is 5.92 Å². The Hall–Kier alpha value is -0.300. The molecule has 0 radical (unpaired) electrons. The Labute approximate surface area is 78.8 Å². The van der Waals surface area contributed by atoms with Gasteiger partial charge in [0.2, 0.25) is 0 Å². The van der Waals surface area contributed by atoms with Gasteiger partial charge in [-0.25, -0.2) is 0 Å². The number of hydrogen-bond acceptors (Lipinski definition) is 1. The van der Waals surface area contributed by atoms with Crippen LogP contribution >= 0.6 is 11.6 Å². The van der Waals surface area contributed by atoms with Gasteiger partial charge in [0.25, 0.3) is 0 Å². The van der Waals surface area contributed by atoms with Crippen molar-refractivity contribution in [2.75, 3.05) is 0 Å². The first-order valence-corrected chi connectivity index (χ1v) is 4.98. The smallest absolute Gasteiger partial charge is 0.147 e. The predicted molar refractivity (Wildman–Crippen MR) is 51.2 cm³/mol. The third-order valence-corrected chi connectivity index (χ3v) is 2.90. The molecule has 1 unspecified atom stereocenters. The first kappa shape index (κ1) is 9.79. The summed E-state index contributed by atoms with van der Waals surface area (Å²) in [5, 5.41) is 0.789. The molecule has 12 heavy (non-hydrogen) atoms. The second-order valence-electron chi connectivity index (χ2n) is 3.45. The zero-order chi connectivity index (χ0) is 8.97. The van der Waals surface area contributed by atoms with Gasteiger partial charge in [0.15, 0.2) is 0 Å². The van der Waals surface area contributed by atoms with Crippen molar-refractivity contribution in [2.45, 2.75) is 39.0 Å². The van der Waals surface area contributed by atoms with E-state index in [-0.39, 0.29) is 0 Å². The standard InChI is InChI=1S/C10H15ClO/c1-2-3-8-4-5-10(11)9(6-8)7-12/h7-8H,2-6H2,1H3. The van der Waals surface area contributed by atoms with Gasteiger partial charge in [-0.2, -0.15) is 0 Å². The minimum Gasteiger partial charge on any atom is -0.298 e.